The highest BCUT2D eigenvalue weighted by Gasteiger charge is 2.09. The Morgan fingerprint density at radius 3 is 2.81 bits per heavy atom. The average Bonchev–Trinajstić information content (AvgIpc) is 2.94. The molecule has 0 fully saturated rings. The summed E-state index contributed by atoms with van der Waals surface area (Å²) in [6, 6.07) is 7.87. The van der Waals surface area contributed by atoms with Crippen LogP contribution in [-0.4, -0.2) is 17.4 Å². The third-order valence-corrected chi connectivity index (χ3v) is 4.14. The average molecular weight is 303 g/mol. The molecule has 2 N–H and O–H groups in total. The predicted molar refractivity (Wildman–Crippen MR) is 87.6 cm³/mol. The van der Waals surface area contributed by atoms with Crippen molar-refractivity contribution in [3.05, 3.63) is 45.9 Å². The fourth-order valence-electron chi connectivity index (χ4n) is 2.01. The zero-order valence-corrected chi connectivity index (χ0v) is 13.3. The molecule has 0 bridgehead atoms. The summed E-state index contributed by atoms with van der Waals surface area (Å²) in [7, 11) is 0. The van der Waals surface area contributed by atoms with Crippen molar-refractivity contribution >= 4 is 22.9 Å². The number of hydrogen-bond donors (Lipinski definition) is 2. The van der Waals surface area contributed by atoms with Crippen LogP contribution in [0.25, 0.3) is 0 Å². The predicted octanol–water partition coefficient (Wildman–Crippen LogP) is 3.00. The smallest absolute Gasteiger partial charge is 0.230 e. The number of carbonyl (C=O) groups is 1. The Balaban J connectivity index is 1.98. The highest BCUT2D eigenvalue weighted by Crippen LogP contribution is 2.16. The monoisotopic (exact) mass is 303 g/mol. The molecule has 2 rings (SSSR count). The van der Waals surface area contributed by atoms with Crippen LogP contribution in [0.5, 0.6) is 0 Å². The molecule has 0 aliphatic heterocycles. The SMILES string of the molecule is CCNCc1ccccc1NC(=O)Cc1csc(CC)n1. The van der Waals surface area contributed by atoms with Gasteiger partial charge in [0.05, 0.1) is 17.1 Å². The van der Waals surface area contributed by atoms with Gasteiger partial charge in [0, 0.05) is 17.6 Å². The van der Waals surface area contributed by atoms with Crippen molar-refractivity contribution in [3.63, 3.8) is 0 Å². The van der Waals surface area contributed by atoms with Crippen LogP contribution >= 0.6 is 11.3 Å². The van der Waals surface area contributed by atoms with Crippen molar-refractivity contribution in [2.75, 3.05) is 11.9 Å². The molecule has 0 saturated carbocycles. The molecule has 0 spiro atoms. The molecule has 1 heterocycles. The molecule has 5 heteroatoms. The maximum Gasteiger partial charge on any atom is 0.230 e. The number of nitrogens with zero attached hydrogens (tertiary/aromatic N) is 1. The summed E-state index contributed by atoms with van der Waals surface area (Å²) in [5, 5.41) is 9.29. The van der Waals surface area contributed by atoms with Gasteiger partial charge in [-0.25, -0.2) is 4.98 Å². The molecule has 1 amide bonds. The minimum absolute atomic E-state index is 0.0214. The quantitative estimate of drug-likeness (QED) is 0.827. The molecule has 0 aliphatic rings. The standard InChI is InChI=1S/C16H21N3OS/c1-3-16-18-13(11-21-16)9-15(20)19-14-8-6-5-7-12(14)10-17-4-2/h5-8,11,17H,3-4,9-10H2,1-2H3,(H,19,20). The van der Waals surface area contributed by atoms with E-state index in [1.165, 1.54) is 0 Å². The molecule has 0 aliphatic carbocycles. The molecule has 2 aromatic rings. The van der Waals surface area contributed by atoms with Crippen LogP contribution in [0.2, 0.25) is 0 Å². The van der Waals surface area contributed by atoms with Gasteiger partial charge in [0.1, 0.15) is 0 Å². The van der Waals surface area contributed by atoms with E-state index < -0.39 is 0 Å². The Morgan fingerprint density at radius 2 is 2.10 bits per heavy atom. The lowest BCUT2D eigenvalue weighted by Gasteiger charge is -2.11. The van der Waals surface area contributed by atoms with Crippen LogP contribution in [0, 0.1) is 0 Å². The van der Waals surface area contributed by atoms with Gasteiger partial charge in [-0.15, -0.1) is 11.3 Å². The van der Waals surface area contributed by atoms with E-state index in [1.54, 1.807) is 11.3 Å². The van der Waals surface area contributed by atoms with E-state index in [9.17, 15) is 4.79 Å². The second-order valence-electron chi connectivity index (χ2n) is 4.75. The van der Waals surface area contributed by atoms with E-state index in [0.29, 0.717) is 6.42 Å². The molecule has 112 valence electrons. The number of para-hydroxylation sites is 1. The number of thiazole rings is 1. The fraction of sp³-hybridized carbons (Fsp3) is 0.375. The number of carbonyl (C=O) groups excluding carboxylic acids is 1. The van der Waals surface area contributed by atoms with Gasteiger partial charge < -0.3 is 10.6 Å². The molecule has 0 unspecified atom stereocenters. The second-order valence-corrected chi connectivity index (χ2v) is 5.69. The number of aromatic nitrogens is 1. The normalized spacial score (nSPS) is 10.6. The zero-order valence-electron chi connectivity index (χ0n) is 12.5. The minimum Gasteiger partial charge on any atom is -0.325 e. The highest BCUT2D eigenvalue weighted by molar-refractivity contribution is 7.09. The molecule has 1 aromatic heterocycles. The van der Waals surface area contributed by atoms with Crippen LogP contribution in [0.4, 0.5) is 5.69 Å². The van der Waals surface area contributed by atoms with Crippen LogP contribution < -0.4 is 10.6 Å². The van der Waals surface area contributed by atoms with Crippen molar-refractivity contribution in [3.8, 4) is 0 Å². The van der Waals surface area contributed by atoms with E-state index in [1.807, 2.05) is 29.6 Å². The number of rotatable bonds is 7. The Kier molecular flexibility index (Phi) is 5.90. The lowest BCUT2D eigenvalue weighted by molar-refractivity contribution is -0.115. The number of hydrogen-bond acceptors (Lipinski definition) is 4. The lowest BCUT2D eigenvalue weighted by atomic mass is 10.1. The third kappa shape index (κ3) is 4.65. The summed E-state index contributed by atoms with van der Waals surface area (Å²) in [6.45, 7) is 5.79. The van der Waals surface area contributed by atoms with Gasteiger partial charge in [-0.05, 0) is 24.6 Å². The Bertz CT molecular complexity index is 595. The molecule has 0 radical (unpaired) electrons. The van der Waals surface area contributed by atoms with Gasteiger partial charge >= 0.3 is 0 Å². The van der Waals surface area contributed by atoms with Crippen molar-refractivity contribution < 1.29 is 4.79 Å². The first-order valence-electron chi connectivity index (χ1n) is 7.24. The van der Waals surface area contributed by atoms with Gasteiger partial charge in [-0.2, -0.15) is 0 Å². The Morgan fingerprint density at radius 1 is 1.29 bits per heavy atom. The fourth-order valence-corrected chi connectivity index (χ4v) is 2.75. The van der Waals surface area contributed by atoms with E-state index in [4.69, 9.17) is 0 Å². The Hall–Kier alpha value is -1.72. The van der Waals surface area contributed by atoms with Crippen LogP contribution in [0.15, 0.2) is 29.6 Å². The topological polar surface area (TPSA) is 54.0 Å². The maximum atomic E-state index is 12.1. The number of benzene rings is 1. The Labute approximate surface area is 129 Å². The second kappa shape index (κ2) is 7.90. The summed E-state index contributed by atoms with van der Waals surface area (Å²) >= 11 is 1.61. The van der Waals surface area contributed by atoms with E-state index in [2.05, 4.69) is 29.5 Å². The first kappa shape index (κ1) is 15.7. The molecule has 0 saturated heterocycles. The van der Waals surface area contributed by atoms with Gasteiger partial charge in [0.25, 0.3) is 0 Å². The largest absolute Gasteiger partial charge is 0.325 e. The van der Waals surface area contributed by atoms with Crippen LogP contribution in [0.1, 0.15) is 30.1 Å². The number of anilines is 1. The maximum absolute atomic E-state index is 12.1. The number of aryl methyl sites for hydroxylation is 1. The molecule has 1 aromatic carbocycles. The molecule has 0 atom stereocenters. The van der Waals surface area contributed by atoms with Crippen molar-refractivity contribution in [1.82, 2.24) is 10.3 Å². The summed E-state index contributed by atoms with van der Waals surface area (Å²) in [6.07, 6.45) is 1.24. The van der Waals surface area contributed by atoms with Crippen molar-refractivity contribution in [1.29, 1.82) is 0 Å². The van der Waals surface area contributed by atoms with Crippen LogP contribution in [0.3, 0.4) is 0 Å². The summed E-state index contributed by atoms with van der Waals surface area (Å²) < 4.78 is 0. The zero-order chi connectivity index (χ0) is 15.1. The van der Waals surface area contributed by atoms with Gasteiger partial charge in [-0.1, -0.05) is 32.0 Å². The van der Waals surface area contributed by atoms with Gasteiger partial charge in [0.15, 0.2) is 0 Å². The van der Waals surface area contributed by atoms with Crippen molar-refractivity contribution in [2.24, 2.45) is 0 Å². The number of amides is 1. The highest BCUT2D eigenvalue weighted by atomic mass is 32.1. The molecular formula is C16H21N3OS. The van der Waals surface area contributed by atoms with E-state index in [-0.39, 0.29) is 5.91 Å². The van der Waals surface area contributed by atoms with E-state index >= 15 is 0 Å². The summed E-state index contributed by atoms with van der Waals surface area (Å²) in [5.74, 6) is -0.0214. The summed E-state index contributed by atoms with van der Waals surface area (Å²) in [4.78, 5) is 16.6. The lowest BCUT2D eigenvalue weighted by Crippen LogP contribution is -2.18. The third-order valence-electron chi connectivity index (χ3n) is 3.10. The van der Waals surface area contributed by atoms with Crippen molar-refractivity contribution in [2.45, 2.75) is 33.2 Å². The summed E-state index contributed by atoms with van der Waals surface area (Å²) in [5.41, 5.74) is 2.81. The molecule has 4 nitrogen and oxygen atoms in total. The minimum atomic E-state index is -0.0214. The molecular weight excluding hydrogens is 282 g/mol. The van der Waals surface area contributed by atoms with Gasteiger partial charge in [0.2, 0.25) is 5.91 Å². The first-order chi connectivity index (χ1) is 10.2. The van der Waals surface area contributed by atoms with Crippen LogP contribution in [-0.2, 0) is 24.2 Å². The molecule has 21 heavy (non-hydrogen) atoms. The van der Waals surface area contributed by atoms with E-state index in [0.717, 1.165) is 41.5 Å². The van der Waals surface area contributed by atoms with Gasteiger partial charge in [-0.3, -0.25) is 4.79 Å². The number of nitrogens with one attached hydrogen (secondary N) is 2. The first-order valence-corrected chi connectivity index (χ1v) is 8.12.